The average Bonchev–Trinajstić information content (AvgIpc) is 2.62. The van der Waals surface area contributed by atoms with Gasteiger partial charge in [0.15, 0.2) is 0 Å². The topological polar surface area (TPSA) is 41.1 Å². The van der Waals surface area contributed by atoms with E-state index in [1.165, 1.54) is 4.88 Å². The third-order valence-electron chi connectivity index (χ3n) is 2.58. The molecule has 3 nitrogen and oxygen atoms in total. The summed E-state index contributed by atoms with van der Waals surface area (Å²) in [5.41, 5.74) is -0.183. The van der Waals surface area contributed by atoms with Crippen LogP contribution >= 0.6 is 11.3 Å². The first-order chi connectivity index (χ1) is 6.71. The lowest BCUT2D eigenvalue weighted by molar-refractivity contribution is -0.132. The normalized spacial score (nSPS) is 18.6. The molecule has 1 aromatic heterocycles. The van der Waals surface area contributed by atoms with Gasteiger partial charge in [-0.25, -0.2) is 0 Å². The van der Waals surface area contributed by atoms with Crippen molar-refractivity contribution in [3.8, 4) is 0 Å². The maximum Gasteiger partial charge on any atom is 0.228 e. The molecule has 14 heavy (non-hydrogen) atoms. The molecule has 0 aliphatic carbocycles. The van der Waals surface area contributed by atoms with E-state index in [2.05, 4.69) is 10.6 Å². The standard InChI is InChI=1S/C10H14N2OS/c1-10(6-11-7-10)9(13)12-5-8-3-2-4-14-8/h2-4,11H,5-7H2,1H3,(H,12,13). The monoisotopic (exact) mass is 210 g/mol. The number of carbonyl (C=O) groups is 1. The summed E-state index contributed by atoms with van der Waals surface area (Å²) in [4.78, 5) is 12.9. The fourth-order valence-corrected chi connectivity index (χ4v) is 2.10. The van der Waals surface area contributed by atoms with Gasteiger partial charge in [-0.2, -0.15) is 0 Å². The number of nitrogens with one attached hydrogen (secondary N) is 2. The molecule has 1 aromatic rings. The first-order valence-corrected chi connectivity index (χ1v) is 5.60. The van der Waals surface area contributed by atoms with Crippen molar-refractivity contribution in [1.29, 1.82) is 0 Å². The van der Waals surface area contributed by atoms with Gasteiger partial charge in [-0.05, 0) is 18.4 Å². The minimum atomic E-state index is -0.183. The Bertz CT molecular complexity index is 317. The zero-order chi connectivity index (χ0) is 10.0. The maximum absolute atomic E-state index is 11.7. The Balaban J connectivity index is 1.84. The molecular weight excluding hydrogens is 196 g/mol. The van der Waals surface area contributed by atoms with Gasteiger partial charge in [0.05, 0.1) is 12.0 Å². The lowest BCUT2D eigenvalue weighted by Gasteiger charge is -2.37. The number of hydrogen-bond donors (Lipinski definition) is 2. The Morgan fingerprint density at radius 2 is 2.50 bits per heavy atom. The van der Waals surface area contributed by atoms with Gasteiger partial charge in [0.1, 0.15) is 0 Å². The van der Waals surface area contributed by atoms with E-state index in [-0.39, 0.29) is 11.3 Å². The molecule has 4 heteroatoms. The third kappa shape index (κ3) is 1.81. The second kappa shape index (κ2) is 3.71. The van der Waals surface area contributed by atoms with Crippen LogP contribution in [0, 0.1) is 5.41 Å². The highest BCUT2D eigenvalue weighted by atomic mass is 32.1. The summed E-state index contributed by atoms with van der Waals surface area (Å²) in [6, 6.07) is 4.03. The minimum Gasteiger partial charge on any atom is -0.351 e. The van der Waals surface area contributed by atoms with E-state index in [0.29, 0.717) is 6.54 Å². The molecule has 1 saturated heterocycles. The molecule has 1 amide bonds. The fourth-order valence-electron chi connectivity index (χ4n) is 1.45. The van der Waals surface area contributed by atoms with Crippen LogP contribution in [0.25, 0.3) is 0 Å². The van der Waals surface area contributed by atoms with Crippen LogP contribution in [0.15, 0.2) is 17.5 Å². The number of amides is 1. The van der Waals surface area contributed by atoms with Crippen LogP contribution in [0.2, 0.25) is 0 Å². The molecule has 0 spiro atoms. The largest absolute Gasteiger partial charge is 0.351 e. The highest BCUT2D eigenvalue weighted by molar-refractivity contribution is 7.09. The van der Waals surface area contributed by atoms with E-state index in [0.717, 1.165) is 13.1 Å². The van der Waals surface area contributed by atoms with Gasteiger partial charge in [-0.1, -0.05) is 6.07 Å². The average molecular weight is 210 g/mol. The van der Waals surface area contributed by atoms with E-state index < -0.39 is 0 Å². The van der Waals surface area contributed by atoms with Crippen LogP contribution in [-0.4, -0.2) is 19.0 Å². The van der Waals surface area contributed by atoms with Crippen molar-refractivity contribution >= 4 is 17.2 Å². The number of thiophene rings is 1. The Labute approximate surface area is 87.5 Å². The highest BCUT2D eigenvalue weighted by Crippen LogP contribution is 2.21. The molecule has 1 fully saturated rings. The van der Waals surface area contributed by atoms with E-state index in [1.54, 1.807) is 11.3 Å². The lowest BCUT2D eigenvalue weighted by atomic mass is 9.83. The van der Waals surface area contributed by atoms with E-state index >= 15 is 0 Å². The molecule has 0 saturated carbocycles. The van der Waals surface area contributed by atoms with Gasteiger partial charge in [0, 0.05) is 18.0 Å². The summed E-state index contributed by atoms with van der Waals surface area (Å²) in [6.07, 6.45) is 0. The molecule has 2 N–H and O–H groups in total. The summed E-state index contributed by atoms with van der Waals surface area (Å²) in [5, 5.41) is 8.10. The van der Waals surface area contributed by atoms with Crippen molar-refractivity contribution in [2.75, 3.05) is 13.1 Å². The molecule has 76 valence electrons. The van der Waals surface area contributed by atoms with E-state index in [9.17, 15) is 4.79 Å². The summed E-state index contributed by atoms with van der Waals surface area (Å²) in [6.45, 7) is 4.24. The molecule has 0 radical (unpaired) electrons. The molecule has 2 rings (SSSR count). The van der Waals surface area contributed by atoms with Gasteiger partial charge >= 0.3 is 0 Å². The SMILES string of the molecule is CC1(C(=O)NCc2cccs2)CNC1. The van der Waals surface area contributed by atoms with Crippen LogP contribution in [0.3, 0.4) is 0 Å². The lowest BCUT2D eigenvalue weighted by Crippen LogP contribution is -2.59. The summed E-state index contributed by atoms with van der Waals surface area (Å²) >= 11 is 1.67. The maximum atomic E-state index is 11.7. The molecule has 0 bridgehead atoms. The minimum absolute atomic E-state index is 0.157. The summed E-state index contributed by atoms with van der Waals surface area (Å²) in [5.74, 6) is 0.157. The third-order valence-corrected chi connectivity index (χ3v) is 3.46. The fraction of sp³-hybridized carbons (Fsp3) is 0.500. The molecule has 1 aliphatic rings. The van der Waals surface area contributed by atoms with Crippen molar-refractivity contribution in [3.05, 3.63) is 22.4 Å². The predicted molar refractivity (Wildman–Crippen MR) is 57.1 cm³/mol. The van der Waals surface area contributed by atoms with Crippen LogP contribution < -0.4 is 10.6 Å². The zero-order valence-electron chi connectivity index (χ0n) is 8.17. The second-order valence-corrected chi connectivity index (χ2v) is 4.96. The number of hydrogen-bond acceptors (Lipinski definition) is 3. The first kappa shape index (κ1) is 9.68. The molecule has 0 aromatic carbocycles. The van der Waals surface area contributed by atoms with Gasteiger partial charge in [0.25, 0.3) is 0 Å². The van der Waals surface area contributed by atoms with Crippen LogP contribution in [-0.2, 0) is 11.3 Å². The van der Waals surface area contributed by atoms with Gasteiger partial charge in [0.2, 0.25) is 5.91 Å². The van der Waals surface area contributed by atoms with Crippen molar-refractivity contribution in [3.63, 3.8) is 0 Å². The van der Waals surface area contributed by atoms with E-state index in [1.807, 2.05) is 24.4 Å². The summed E-state index contributed by atoms with van der Waals surface area (Å²) in [7, 11) is 0. The molecule has 2 heterocycles. The quantitative estimate of drug-likeness (QED) is 0.780. The smallest absolute Gasteiger partial charge is 0.228 e. The number of rotatable bonds is 3. The second-order valence-electron chi connectivity index (χ2n) is 3.93. The van der Waals surface area contributed by atoms with Crippen LogP contribution in [0.1, 0.15) is 11.8 Å². The van der Waals surface area contributed by atoms with Crippen molar-refractivity contribution < 1.29 is 4.79 Å². The predicted octanol–water partition coefficient (Wildman–Crippen LogP) is 0.974. The highest BCUT2D eigenvalue weighted by Gasteiger charge is 2.38. The molecule has 1 aliphatic heterocycles. The van der Waals surface area contributed by atoms with Crippen LogP contribution in [0.5, 0.6) is 0 Å². The van der Waals surface area contributed by atoms with Crippen molar-refractivity contribution in [2.24, 2.45) is 5.41 Å². The first-order valence-electron chi connectivity index (χ1n) is 4.72. The van der Waals surface area contributed by atoms with Crippen molar-refractivity contribution in [2.45, 2.75) is 13.5 Å². The van der Waals surface area contributed by atoms with Crippen LogP contribution in [0.4, 0.5) is 0 Å². The summed E-state index contributed by atoms with van der Waals surface area (Å²) < 4.78 is 0. The molecule has 0 unspecified atom stereocenters. The number of carbonyl (C=O) groups excluding carboxylic acids is 1. The Hall–Kier alpha value is -0.870. The zero-order valence-corrected chi connectivity index (χ0v) is 8.99. The van der Waals surface area contributed by atoms with Gasteiger partial charge in [-0.3, -0.25) is 4.79 Å². The Morgan fingerprint density at radius 1 is 1.71 bits per heavy atom. The van der Waals surface area contributed by atoms with Crippen molar-refractivity contribution in [1.82, 2.24) is 10.6 Å². The Morgan fingerprint density at radius 3 is 3.00 bits per heavy atom. The molecular formula is C10H14N2OS. The Kier molecular flexibility index (Phi) is 2.56. The molecule has 0 atom stereocenters. The van der Waals surface area contributed by atoms with Gasteiger partial charge < -0.3 is 10.6 Å². The van der Waals surface area contributed by atoms with Gasteiger partial charge in [-0.15, -0.1) is 11.3 Å². The van der Waals surface area contributed by atoms with E-state index in [4.69, 9.17) is 0 Å².